The van der Waals surface area contributed by atoms with E-state index in [-0.39, 0.29) is 36.5 Å². The molecule has 0 heterocycles. The zero-order valence-corrected chi connectivity index (χ0v) is 17.6. The van der Waals surface area contributed by atoms with Crippen LogP contribution in [0.5, 0.6) is 5.75 Å². The summed E-state index contributed by atoms with van der Waals surface area (Å²) >= 11 is 0. The average molecular weight is 413 g/mol. The van der Waals surface area contributed by atoms with E-state index < -0.39 is 11.0 Å². The summed E-state index contributed by atoms with van der Waals surface area (Å²) in [5.74, 6) is -0.0276. The number of rotatable bonds is 9. The quantitative estimate of drug-likeness (QED) is 0.503. The summed E-state index contributed by atoms with van der Waals surface area (Å²) < 4.78 is 5.24. The lowest BCUT2D eigenvalue weighted by Gasteiger charge is -2.29. The Balaban J connectivity index is 2.33. The van der Waals surface area contributed by atoms with Gasteiger partial charge in [0.25, 0.3) is 5.69 Å². The van der Waals surface area contributed by atoms with Crippen molar-refractivity contribution >= 4 is 17.5 Å². The summed E-state index contributed by atoms with van der Waals surface area (Å²) in [7, 11) is 1.55. The number of nitrogens with one attached hydrogen (secondary N) is 1. The van der Waals surface area contributed by atoms with E-state index in [1.54, 1.807) is 50.4 Å². The molecule has 1 N–H and O–H groups in total. The van der Waals surface area contributed by atoms with Crippen LogP contribution in [0.15, 0.2) is 48.5 Å². The van der Waals surface area contributed by atoms with Gasteiger partial charge in [0.2, 0.25) is 11.8 Å². The van der Waals surface area contributed by atoms with Gasteiger partial charge in [-0.1, -0.05) is 30.3 Å². The van der Waals surface area contributed by atoms with Gasteiger partial charge in [-0.15, -0.1) is 0 Å². The van der Waals surface area contributed by atoms with E-state index in [0.717, 1.165) is 5.56 Å². The van der Waals surface area contributed by atoms with E-state index in [1.165, 1.54) is 11.0 Å². The predicted octanol–water partition coefficient (Wildman–Crippen LogP) is 3.09. The number of carbonyl (C=O) groups is 2. The van der Waals surface area contributed by atoms with Crippen molar-refractivity contribution in [2.75, 3.05) is 7.11 Å². The highest BCUT2D eigenvalue weighted by Crippen LogP contribution is 2.21. The third-order valence-corrected chi connectivity index (χ3v) is 4.62. The highest BCUT2D eigenvalue weighted by Gasteiger charge is 2.28. The van der Waals surface area contributed by atoms with Crippen LogP contribution in [0.25, 0.3) is 0 Å². The van der Waals surface area contributed by atoms with Gasteiger partial charge in [-0.25, -0.2) is 0 Å². The molecule has 0 saturated heterocycles. The van der Waals surface area contributed by atoms with Crippen molar-refractivity contribution in [2.24, 2.45) is 0 Å². The first kappa shape index (κ1) is 22.9. The Hall–Kier alpha value is -3.42. The maximum Gasteiger partial charge on any atom is 0.273 e. The molecule has 1 atom stereocenters. The summed E-state index contributed by atoms with van der Waals surface area (Å²) in [6, 6.07) is 12.5. The van der Waals surface area contributed by atoms with Crippen LogP contribution < -0.4 is 10.1 Å². The Morgan fingerprint density at radius 1 is 1.13 bits per heavy atom. The van der Waals surface area contributed by atoms with Crippen molar-refractivity contribution < 1.29 is 19.2 Å². The number of nitro groups is 1. The molecule has 2 aromatic carbocycles. The van der Waals surface area contributed by atoms with Gasteiger partial charge in [-0.2, -0.15) is 0 Å². The van der Waals surface area contributed by atoms with Crippen LogP contribution in [-0.2, 0) is 22.6 Å². The molecular formula is C22H27N3O5. The first-order valence-corrected chi connectivity index (χ1v) is 9.68. The molecule has 0 aliphatic heterocycles. The van der Waals surface area contributed by atoms with Gasteiger partial charge in [-0.05, 0) is 38.5 Å². The number of hydrogen-bond acceptors (Lipinski definition) is 5. The first-order chi connectivity index (χ1) is 14.2. The van der Waals surface area contributed by atoms with E-state index in [9.17, 15) is 19.7 Å². The number of carbonyl (C=O) groups excluding carboxylic acids is 2. The molecule has 0 aliphatic carbocycles. The standard InChI is InChI=1S/C22H27N3O5/c1-15(2)23-22(27)16(3)24(14-17-8-7-10-19(12-17)30-4)21(26)13-18-9-5-6-11-20(18)25(28)29/h5-12,15-16H,13-14H2,1-4H3,(H,23,27)/t16-/m1/s1. The van der Waals surface area contributed by atoms with Gasteiger partial charge in [0.05, 0.1) is 18.5 Å². The summed E-state index contributed by atoms with van der Waals surface area (Å²) in [6.45, 7) is 5.50. The predicted molar refractivity (Wildman–Crippen MR) is 113 cm³/mol. The van der Waals surface area contributed by atoms with Crippen LogP contribution in [0.2, 0.25) is 0 Å². The molecule has 8 heteroatoms. The molecule has 0 bridgehead atoms. The third-order valence-electron chi connectivity index (χ3n) is 4.62. The minimum absolute atomic E-state index is 0.0797. The molecule has 0 saturated carbocycles. The van der Waals surface area contributed by atoms with Gasteiger partial charge in [0.15, 0.2) is 0 Å². The van der Waals surface area contributed by atoms with Crippen LogP contribution in [0.4, 0.5) is 5.69 Å². The van der Waals surface area contributed by atoms with Crippen molar-refractivity contribution in [3.8, 4) is 5.75 Å². The lowest BCUT2D eigenvalue weighted by Crippen LogP contribution is -2.49. The number of hydrogen-bond donors (Lipinski definition) is 1. The fraction of sp³-hybridized carbons (Fsp3) is 0.364. The number of amides is 2. The molecule has 2 amide bonds. The third kappa shape index (κ3) is 6.04. The molecule has 0 aliphatic rings. The van der Waals surface area contributed by atoms with Crippen molar-refractivity contribution in [1.29, 1.82) is 0 Å². The van der Waals surface area contributed by atoms with E-state index in [0.29, 0.717) is 11.3 Å². The number of methoxy groups -OCH3 is 1. The molecule has 0 fully saturated rings. The first-order valence-electron chi connectivity index (χ1n) is 9.68. The van der Waals surface area contributed by atoms with Gasteiger partial charge < -0.3 is 15.0 Å². The van der Waals surface area contributed by atoms with Crippen molar-refractivity contribution in [3.63, 3.8) is 0 Å². The summed E-state index contributed by atoms with van der Waals surface area (Å²) in [5.41, 5.74) is 0.973. The fourth-order valence-corrected chi connectivity index (χ4v) is 3.06. The van der Waals surface area contributed by atoms with Gasteiger partial charge >= 0.3 is 0 Å². The van der Waals surface area contributed by atoms with E-state index in [1.807, 2.05) is 19.9 Å². The van der Waals surface area contributed by atoms with Gasteiger partial charge in [0.1, 0.15) is 11.8 Å². The Kier molecular flexibility index (Phi) is 7.91. The molecule has 0 radical (unpaired) electrons. The van der Waals surface area contributed by atoms with Gasteiger partial charge in [0, 0.05) is 24.2 Å². The topological polar surface area (TPSA) is 102 Å². The maximum absolute atomic E-state index is 13.2. The zero-order valence-electron chi connectivity index (χ0n) is 17.6. The lowest BCUT2D eigenvalue weighted by atomic mass is 10.1. The molecule has 8 nitrogen and oxygen atoms in total. The van der Waals surface area contributed by atoms with Crippen molar-refractivity contribution in [3.05, 3.63) is 69.8 Å². The van der Waals surface area contributed by atoms with E-state index in [2.05, 4.69) is 5.32 Å². The fourth-order valence-electron chi connectivity index (χ4n) is 3.06. The second-order valence-corrected chi connectivity index (χ2v) is 7.28. The zero-order chi connectivity index (χ0) is 22.3. The van der Waals surface area contributed by atoms with Gasteiger partial charge in [-0.3, -0.25) is 19.7 Å². The van der Waals surface area contributed by atoms with Crippen LogP contribution in [-0.4, -0.2) is 40.8 Å². The van der Waals surface area contributed by atoms with Crippen molar-refractivity contribution in [2.45, 2.75) is 45.8 Å². The Bertz CT molecular complexity index is 913. The van der Waals surface area contributed by atoms with Crippen LogP contribution in [0.1, 0.15) is 31.9 Å². The normalized spacial score (nSPS) is 11.6. The number of nitrogens with zero attached hydrogens (tertiary/aromatic N) is 2. The summed E-state index contributed by atoms with van der Waals surface area (Å²) in [4.78, 5) is 38.0. The Morgan fingerprint density at radius 2 is 1.83 bits per heavy atom. The summed E-state index contributed by atoms with van der Waals surface area (Å²) in [6.07, 6.45) is -0.180. The average Bonchev–Trinajstić information content (AvgIpc) is 2.71. The highest BCUT2D eigenvalue weighted by atomic mass is 16.6. The highest BCUT2D eigenvalue weighted by molar-refractivity contribution is 5.88. The monoisotopic (exact) mass is 413 g/mol. The number of para-hydroxylation sites is 1. The second-order valence-electron chi connectivity index (χ2n) is 7.28. The SMILES string of the molecule is COc1cccc(CN(C(=O)Cc2ccccc2[N+](=O)[O-])[C@H](C)C(=O)NC(C)C)c1. The molecule has 2 aromatic rings. The molecule has 2 rings (SSSR count). The Morgan fingerprint density at radius 3 is 2.47 bits per heavy atom. The molecule has 0 aromatic heterocycles. The van der Waals surface area contributed by atoms with Crippen LogP contribution in [0, 0.1) is 10.1 Å². The molecule has 160 valence electrons. The molecule has 0 unspecified atom stereocenters. The number of ether oxygens (including phenoxy) is 1. The maximum atomic E-state index is 13.2. The number of nitro benzene ring substituents is 1. The summed E-state index contributed by atoms with van der Waals surface area (Å²) in [5, 5.41) is 14.1. The minimum atomic E-state index is -0.756. The molecule has 30 heavy (non-hydrogen) atoms. The molecular weight excluding hydrogens is 386 g/mol. The minimum Gasteiger partial charge on any atom is -0.497 e. The van der Waals surface area contributed by atoms with Crippen molar-refractivity contribution in [1.82, 2.24) is 10.2 Å². The smallest absolute Gasteiger partial charge is 0.273 e. The lowest BCUT2D eigenvalue weighted by molar-refractivity contribution is -0.385. The Labute approximate surface area is 176 Å². The number of benzene rings is 2. The van der Waals surface area contributed by atoms with E-state index >= 15 is 0 Å². The second kappa shape index (κ2) is 10.4. The molecule has 0 spiro atoms. The van der Waals surface area contributed by atoms with E-state index in [4.69, 9.17) is 4.74 Å². The van der Waals surface area contributed by atoms with Crippen LogP contribution >= 0.6 is 0 Å². The van der Waals surface area contributed by atoms with Crippen LogP contribution in [0.3, 0.4) is 0 Å². The largest absolute Gasteiger partial charge is 0.497 e.